The third kappa shape index (κ3) is 2.01. The first kappa shape index (κ1) is 9.46. The second-order valence-electron chi connectivity index (χ2n) is 2.01. The normalized spacial score (nSPS) is 9.00. The summed E-state index contributed by atoms with van der Waals surface area (Å²) in [7, 11) is 0. The highest BCUT2D eigenvalue weighted by atomic mass is 35.5. The molecule has 0 atom stereocenters. The van der Waals surface area contributed by atoms with E-state index in [2.05, 4.69) is 9.97 Å². The van der Waals surface area contributed by atoms with Gasteiger partial charge in [-0.05, 0) is 13.5 Å². The maximum atomic E-state index is 5.33. The van der Waals surface area contributed by atoms with Crippen LogP contribution in [0, 0.1) is 6.92 Å². The van der Waals surface area contributed by atoms with E-state index in [9.17, 15) is 0 Å². The number of halogens is 1. The van der Waals surface area contributed by atoms with Crippen LogP contribution in [0.3, 0.4) is 0 Å². The van der Waals surface area contributed by atoms with E-state index in [0.29, 0.717) is 6.54 Å². The molecule has 0 aliphatic rings. The van der Waals surface area contributed by atoms with Crippen molar-refractivity contribution in [1.82, 2.24) is 9.97 Å². The van der Waals surface area contributed by atoms with Crippen LogP contribution in [0.5, 0.6) is 0 Å². The van der Waals surface area contributed by atoms with Gasteiger partial charge in [0.2, 0.25) is 0 Å². The van der Waals surface area contributed by atoms with Crippen molar-refractivity contribution in [2.45, 2.75) is 13.3 Å². The maximum absolute atomic E-state index is 5.33. The summed E-state index contributed by atoms with van der Waals surface area (Å²) in [5.41, 5.74) is 7.54. The zero-order chi connectivity index (χ0) is 6.69. The van der Waals surface area contributed by atoms with Gasteiger partial charge < -0.3 is 10.7 Å². The lowest BCUT2D eigenvalue weighted by Gasteiger charge is -1.91. The Morgan fingerprint density at radius 3 is 2.80 bits per heavy atom. The summed E-state index contributed by atoms with van der Waals surface area (Å²) in [4.78, 5) is 7.06. The Balaban J connectivity index is 0.000000810. The summed E-state index contributed by atoms with van der Waals surface area (Å²) in [5, 5.41) is 0. The van der Waals surface area contributed by atoms with Gasteiger partial charge in [0.15, 0.2) is 0 Å². The molecule has 1 aromatic rings. The number of nitrogens with zero attached hydrogens (tertiary/aromatic N) is 1. The molecule has 3 nitrogen and oxygen atoms in total. The van der Waals surface area contributed by atoms with Crippen LogP contribution in [0.25, 0.3) is 0 Å². The fraction of sp³-hybridized carbons (Fsp3) is 0.500. The van der Waals surface area contributed by atoms with Crippen molar-refractivity contribution < 1.29 is 0 Å². The van der Waals surface area contributed by atoms with Gasteiger partial charge in [0.05, 0.1) is 12.0 Å². The molecule has 0 saturated heterocycles. The van der Waals surface area contributed by atoms with E-state index < -0.39 is 0 Å². The first-order valence-electron chi connectivity index (χ1n) is 3.03. The average molecular weight is 162 g/mol. The van der Waals surface area contributed by atoms with Crippen LogP contribution >= 0.6 is 12.4 Å². The molecule has 0 fully saturated rings. The predicted molar refractivity (Wildman–Crippen MR) is 43.3 cm³/mol. The topological polar surface area (TPSA) is 54.7 Å². The monoisotopic (exact) mass is 161 g/mol. The summed E-state index contributed by atoms with van der Waals surface area (Å²) >= 11 is 0. The van der Waals surface area contributed by atoms with Crippen molar-refractivity contribution >= 4 is 12.4 Å². The van der Waals surface area contributed by atoms with Crippen LogP contribution in [0.15, 0.2) is 6.33 Å². The Hall–Kier alpha value is -0.540. The zero-order valence-corrected chi connectivity index (χ0v) is 6.74. The molecule has 0 unspecified atom stereocenters. The first-order chi connectivity index (χ1) is 4.34. The van der Waals surface area contributed by atoms with Crippen LogP contribution in [-0.2, 0) is 6.42 Å². The summed E-state index contributed by atoms with van der Waals surface area (Å²) < 4.78 is 0. The van der Waals surface area contributed by atoms with Gasteiger partial charge >= 0.3 is 0 Å². The molecule has 0 spiro atoms. The number of hydrogen-bond acceptors (Lipinski definition) is 2. The van der Waals surface area contributed by atoms with Gasteiger partial charge in [0, 0.05) is 12.1 Å². The molecule has 0 saturated carbocycles. The Morgan fingerprint density at radius 1 is 1.70 bits per heavy atom. The van der Waals surface area contributed by atoms with E-state index in [-0.39, 0.29) is 12.4 Å². The number of imidazole rings is 1. The number of H-pyrrole nitrogens is 1. The minimum Gasteiger partial charge on any atom is -0.348 e. The molecule has 0 aliphatic heterocycles. The average Bonchev–Trinajstić information content (AvgIpc) is 2.18. The van der Waals surface area contributed by atoms with Crippen LogP contribution in [0.1, 0.15) is 11.4 Å². The summed E-state index contributed by atoms with van der Waals surface area (Å²) in [6, 6.07) is 0. The second-order valence-corrected chi connectivity index (χ2v) is 2.01. The summed E-state index contributed by atoms with van der Waals surface area (Å²) in [5.74, 6) is 0. The Kier molecular flexibility index (Phi) is 4.07. The number of rotatable bonds is 2. The number of aromatic amines is 1. The fourth-order valence-electron chi connectivity index (χ4n) is 0.776. The first-order valence-corrected chi connectivity index (χ1v) is 3.03. The Morgan fingerprint density at radius 2 is 2.40 bits per heavy atom. The summed E-state index contributed by atoms with van der Waals surface area (Å²) in [6.07, 6.45) is 2.57. The Labute approximate surface area is 66.4 Å². The van der Waals surface area contributed by atoms with Crippen molar-refractivity contribution in [2.75, 3.05) is 6.54 Å². The third-order valence-electron chi connectivity index (χ3n) is 1.32. The van der Waals surface area contributed by atoms with E-state index in [1.54, 1.807) is 6.33 Å². The molecule has 0 bridgehead atoms. The molecule has 1 heterocycles. The Bertz CT molecular complexity index is 185. The van der Waals surface area contributed by atoms with Gasteiger partial charge in [-0.3, -0.25) is 0 Å². The van der Waals surface area contributed by atoms with Gasteiger partial charge in [-0.25, -0.2) is 4.98 Å². The van der Waals surface area contributed by atoms with Crippen LogP contribution in [0.4, 0.5) is 0 Å². The van der Waals surface area contributed by atoms with Gasteiger partial charge in [0.1, 0.15) is 0 Å². The molecule has 1 rings (SSSR count). The van der Waals surface area contributed by atoms with Gasteiger partial charge in [-0.1, -0.05) is 0 Å². The molecule has 0 aromatic carbocycles. The van der Waals surface area contributed by atoms with Crippen molar-refractivity contribution in [2.24, 2.45) is 5.73 Å². The van der Waals surface area contributed by atoms with Crippen molar-refractivity contribution in [3.8, 4) is 0 Å². The van der Waals surface area contributed by atoms with Crippen LogP contribution < -0.4 is 5.73 Å². The highest BCUT2D eigenvalue weighted by Gasteiger charge is 1.96. The largest absolute Gasteiger partial charge is 0.348 e. The highest BCUT2D eigenvalue weighted by molar-refractivity contribution is 5.85. The molecule has 0 radical (unpaired) electrons. The minimum atomic E-state index is 0. The van der Waals surface area contributed by atoms with Crippen LogP contribution in [-0.4, -0.2) is 16.5 Å². The minimum absolute atomic E-state index is 0. The molecular formula is C6H12ClN3. The molecule has 3 N–H and O–H groups in total. The predicted octanol–water partition coefficient (Wildman–Crippen LogP) is 0.641. The lowest BCUT2D eigenvalue weighted by atomic mass is 10.3. The smallest absolute Gasteiger partial charge is 0.0925 e. The second kappa shape index (κ2) is 4.30. The zero-order valence-electron chi connectivity index (χ0n) is 5.92. The summed E-state index contributed by atoms with van der Waals surface area (Å²) in [6.45, 7) is 2.67. The highest BCUT2D eigenvalue weighted by Crippen LogP contribution is 1.98. The fourth-order valence-corrected chi connectivity index (χ4v) is 0.776. The quantitative estimate of drug-likeness (QED) is 0.669. The van der Waals surface area contributed by atoms with Crippen molar-refractivity contribution in [3.63, 3.8) is 0 Å². The van der Waals surface area contributed by atoms with E-state index in [0.717, 1.165) is 17.8 Å². The standard InChI is InChI=1S/C6H11N3.ClH/c1-5-6(2-3-7)9-4-8-5;/h4H,2-3,7H2,1H3,(H,8,9);1H. The van der Waals surface area contributed by atoms with E-state index >= 15 is 0 Å². The SMILES string of the molecule is Cc1[nH]cnc1CCN.Cl. The van der Waals surface area contributed by atoms with Gasteiger partial charge in [-0.2, -0.15) is 0 Å². The lowest BCUT2D eigenvalue weighted by Crippen LogP contribution is -2.03. The van der Waals surface area contributed by atoms with E-state index in [1.165, 1.54) is 0 Å². The van der Waals surface area contributed by atoms with Crippen LogP contribution in [0.2, 0.25) is 0 Å². The molecular weight excluding hydrogens is 150 g/mol. The van der Waals surface area contributed by atoms with Gasteiger partial charge in [-0.15, -0.1) is 12.4 Å². The number of aromatic nitrogens is 2. The number of hydrogen-bond donors (Lipinski definition) is 2. The molecule has 1 aromatic heterocycles. The van der Waals surface area contributed by atoms with Crippen molar-refractivity contribution in [1.29, 1.82) is 0 Å². The number of nitrogens with one attached hydrogen (secondary N) is 1. The molecule has 4 heteroatoms. The molecule has 0 amide bonds. The molecule has 10 heavy (non-hydrogen) atoms. The maximum Gasteiger partial charge on any atom is 0.0925 e. The van der Waals surface area contributed by atoms with Crippen molar-refractivity contribution in [3.05, 3.63) is 17.7 Å². The van der Waals surface area contributed by atoms with Gasteiger partial charge in [0.25, 0.3) is 0 Å². The number of aryl methyl sites for hydroxylation is 1. The lowest BCUT2D eigenvalue weighted by molar-refractivity contribution is 0.923. The molecule has 58 valence electrons. The molecule has 0 aliphatic carbocycles. The third-order valence-corrected chi connectivity index (χ3v) is 1.32. The van der Waals surface area contributed by atoms with E-state index in [4.69, 9.17) is 5.73 Å². The van der Waals surface area contributed by atoms with E-state index in [1.807, 2.05) is 6.92 Å². The number of nitrogens with two attached hydrogens (primary N) is 1.